The second-order valence-corrected chi connectivity index (χ2v) is 20.1. The molecule has 2 heterocycles. The largest absolute Gasteiger partial charge is 0.481 e. The number of ether oxygens (including phenoxy) is 1. The zero-order valence-electron chi connectivity index (χ0n) is 35.4. The predicted octanol–water partition coefficient (Wildman–Crippen LogP) is 10.1. The van der Waals surface area contributed by atoms with Crippen molar-refractivity contribution in [1.82, 2.24) is 0 Å². The van der Waals surface area contributed by atoms with Gasteiger partial charge in [0.1, 0.15) is 11.5 Å². The summed E-state index contributed by atoms with van der Waals surface area (Å²) in [6, 6.07) is 16.8. The van der Waals surface area contributed by atoms with E-state index in [1.54, 1.807) is 12.1 Å². The van der Waals surface area contributed by atoms with Crippen molar-refractivity contribution in [3.05, 3.63) is 124 Å². The van der Waals surface area contributed by atoms with Crippen LogP contribution in [0.4, 0.5) is 11.4 Å². The predicted molar refractivity (Wildman–Crippen MR) is 236 cm³/mol. The first-order valence-corrected chi connectivity index (χ1v) is 23.7. The number of aryl methyl sites for hydroxylation is 1. The molecule has 0 saturated heterocycles. The molecule has 0 amide bonds. The quantitative estimate of drug-likeness (QED) is 0.0929. The molecule has 60 heavy (non-hydrogen) atoms. The van der Waals surface area contributed by atoms with Crippen LogP contribution in [-0.4, -0.2) is 56.1 Å². The van der Waals surface area contributed by atoms with Gasteiger partial charge < -0.3 is 19.6 Å². The minimum absolute atomic E-state index is 0.0893. The van der Waals surface area contributed by atoms with Crippen LogP contribution in [0.5, 0.6) is 5.75 Å². The Morgan fingerprint density at radius 1 is 0.817 bits per heavy atom. The molecule has 0 saturated carbocycles. The molecule has 0 spiro atoms. The standard InChI is InChI=1S/C47H58N2O9S2/c1-7-8-28-48-40-24-16-32(2)30-38(40)46(3,4)42(48)26-17-33-13-12-14-34(45(33)58-35-19-21-36(22-20-35)59(52,53)54)18-27-43-47(5,6)39-31-37(60(55,56)57)23-25-41(39)49(43)29-11-9-10-15-44(50)51/h16-27,30-31,43H,7-15,28-29H2,1-6H3,(H,50,51)(H,52,53,54)(H,55,56,57)/b27-18+,33-17+,42-26+. The van der Waals surface area contributed by atoms with Crippen LogP contribution in [0.3, 0.4) is 0 Å². The van der Waals surface area contributed by atoms with Gasteiger partial charge in [0, 0.05) is 47.4 Å². The molecule has 3 aromatic carbocycles. The van der Waals surface area contributed by atoms with Crippen molar-refractivity contribution in [2.24, 2.45) is 0 Å². The van der Waals surface area contributed by atoms with Crippen molar-refractivity contribution in [3.8, 4) is 5.75 Å². The lowest BCUT2D eigenvalue weighted by molar-refractivity contribution is -0.137. The molecule has 11 nitrogen and oxygen atoms in total. The monoisotopic (exact) mass is 858 g/mol. The summed E-state index contributed by atoms with van der Waals surface area (Å²) in [6.07, 6.45) is 15.0. The van der Waals surface area contributed by atoms with Gasteiger partial charge in [-0.3, -0.25) is 13.9 Å². The summed E-state index contributed by atoms with van der Waals surface area (Å²) in [5, 5.41) is 9.18. The highest BCUT2D eigenvalue weighted by molar-refractivity contribution is 7.86. The average Bonchev–Trinajstić information content (AvgIpc) is 3.52. The third kappa shape index (κ3) is 9.59. The molecule has 1 unspecified atom stereocenters. The number of carbonyl (C=O) groups is 1. The van der Waals surface area contributed by atoms with Crippen LogP contribution < -0.4 is 14.5 Å². The molecule has 13 heteroatoms. The van der Waals surface area contributed by atoms with Crippen LogP contribution >= 0.6 is 0 Å². The van der Waals surface area contributed by atoms with E-state index < -0.39 is 31.6 Å². The van der Waals surface area contributed by atoms with Gasteiger partial charge in [-0.2, -0.15) is 16.8 Å². The maximum absolute atomic E-state index is 12.2. The third-order valence-corrected chi connectivity index (χ3v) is 13.9. The van der Waals surface area contributed by atoms with Crippen molar-refractivity contribution in [2.45, 2.75) is 126 Å². The van der Waals surface area contributed by atoms with Gasteiger partial charge in [0.05, 0.1) is 15.8 Å². The van der Waals surface area contributed by atoms with Gasteiger partial charge in [0.25, 0.3) is 20.2 Å². The number of hydrogen-bond donors (Lipinski definition) is 3. The molecule has 0 fully saturated rings. The van der Waals surface area contributed by atoms with E-state index in [1.165, 1.54) is 52.8 Å². The van der Waals surface area contributed by atoms with Gasteiger partial charge >= 0.3 is 5.97 Å². The Morgan fingerprint density at radius 2 is 1.50 bits per heavy atom. The van der Waals surface area contributed by atoms with Crippen LogP contribution in [0.2, 0.25) is 0 Å². The summed E-state index contributed by atoms with van der Waals surface area (Å²) >= 11 is 0. The maximum atomic E-state index is 12.2. The molecule has 3 aromatic rings. The fourth-order valence-electron chi connectivity index (χ4n) is 8.86. The summed E-state index contributed by atoms with van der Waals surface area (Å²) in [6.45, 7) is 14.4. The first kappa shape index (κ1) is 44.9. The van der Waals surface area contributed by atoms with Crippen molar-refractivity contribution in [2.75, 3.05) is 22.9 Å². The minimum Gasteiger partial charge on any atom is -0.481 e. The lowest BCUT2D eigenvalue weighted by Crippen LogP contribution is -2.40. The van der Waals surface area contributed by atoms with Gasteiger partial charge in [-0.1, -0.05) is 83.4 Å². The molecule has 0 aromatic heterocycles. The topological polar surface area (TPSA) is 162 Å². The molecule has 3 N–H and O–H groups in total. The number of carboxylic acids is 1. The Bertz CT molecular complexity index is 2460. The summed E-state index contributed by atoms with van der Waals surface area (Å²) in [7, 11) is -8.85. The Labute approximate surface area is 355 Å². The van der Waals surface area contributed by atoms with Crippen molar-refractivity contribution in [1.29, 1.82) is 0 Å². The van der Waals surface area contributed by atoms with E-state index in [4.69, 9.17) is 4.74 Å². The summed E-state index contributed by atoms with van der Waals surface area (Å²) in [5.74, 6) is 0.229. The number of carboxylic acid groups (broad SMARTS) is 1. The smallest absolute Gasteiger partial charge is 0.303 e. The number of benzene rings is 3. The van der Waals surface area contributed by atoms with Crippen molar-refractivity contribution >= 4 is 37.6 Å². The first-order valence-electron chi connectivity index (χ1n) is 20.8. The lowest BCUT2D eigenvalue weighted by Gasteiger charge is -2.33. The fraction of sp³-hybridized carbons (Fsp3) is 0.426. The molecule has 0 radical (unpaired) electrons. The number of aliphatic carboxylic acids is 1. The van der Waals surface area contributed by atoms with E-state index in [-0.39, 0.29) is 27.7 Å². The van der Waals surface area contributed by atoms with E-state index in [9.17, 15) is 35.8 Å². The van der Waals surface area contributed by atoms with Crippen molar-refractivity contribution in [3.63, 3.8) is 0 Å². The number of allylic oxidation sites excluding steroid dienone is 6. The van der Waals surface area contributed by atoms with Crippen LogP contribution in [0, 0.1) is 6.92 Å². The number of rotatable bonds is 16. The highest BCUT2D eigenvalue weighted by Crippen LogP contribution is 2.49. The van der Waals surface area contributed by atoms with Gasteiger partial charge in [-0.25, -0.2) is 0 Å². The van der Waals surface area contributed by atoms with Crippen LogP contribution in [0.25, 0.3) is 0 Å². The number of nitrogens with zero attached hydrogens (tertiary/aromatic N) is 2. The SMILES string of the molecule is CCCCN1/C(=C/C=C2\CCCC(/C=C/C3N(CCCCCC(=O)O)c4ccc(S(=O)(=O)O)cc4C3(C)C)=C2Oc2ccc(S(=O)(=O)O)cc2)C(C)(C)c2cc(C)ccc21. The Kier molecular flexibility index (Phi) is 13.3. The van der Waals surface area contributed by atoms with E-state index in [0.717, 1.165) is 61.0 Å². The third-order valence-electron chi connectivity index (χ3n) is 12.2. The van der Waals surface area contributed by atoms with Crippen LogP contribution in [0.15, 0.2) is 117 Å². The van der Waals surface area contributed by atoms with Crippen LogP contribution in [-0.2, 0) is 35.9 Å². The number of fused-ring (bicyclic) bond motifs is 2. The normalized spacial score (nSPS) is 20.0. The number of unbranched alkanes of at least 4 members (excludes halogenated alkanes) is 3. The van der Waals surface area contributed by atoms with Crippen LogP contribution in [0.1, 0.15) is 109 Å². The summed E-state index contributed by atoms with van der Waals surface area (Å²) < 4.78 is 74.5. The molecule has 0 bridgehead atoms. The van der Waals surface area contributed by atoms with Gasteiger partial charge in [0.15, 0.2) is 0 Å². The Hall–Kier alpha value is -4.69. The molecular formula is C47H58N2O9S2. The number of anilines is 2. The van der Waals surface area contributed by atoms with Gasteiger partial charge in [0.2, 0.25) is 0 Å². The second-order valence-electron chi connectivity index (χ2n) is 17.2. The molecule has 1 atom stereocenters. The zero-order chi connectivity index (χ0) is 43.6. The Balaban J connectivity index is 1.44. The highest BCUT2D eigenvalue weighted by Gasteiger charge is 2.44. The fourth-order valence-corrected chi connectivity index (χ4v) is 9.85. The van der Waals surface area contributed by atoms with E-state index in [2.05, 4.69) is 80.0 Å². The second kappa shape index (κ2) is 17.7. The van der Waals surface area contributed by atoms with E-state index in [0.29, 0.717) is 37.3 Å². The first-order chi connectivity index (χ1) is 28.2. The average molecular weight is 859 g/mol. The molecule has 1 aliphatic carbocycles. The molecular weight excluding hydrogens is 801 g/mol. The molecule has 6 rings (SSSR count). The van der Waals surface area contributed by atoms with Gasteiger partial charge in [-0.05, 0) is 122 Å². The maximum Gasteiger partial charge on any atom is 0.303 e. The summed E-state index contributed by atoms with van der Waals surface area (Å²) in [4.78, 5) is 15.4. The van der Waals surface area contributed by atoms with E-state index in [1.807, 2.05) is 13.8 Å². The van der Waals surface area contributed by atoms with Gasteiger partial charge in [-0.15, -0.1) is 0 Å². The summed E-state index contributed by atoms with van der Waals surface area (Å²) in [5.41, 5.74) is 7.60. The lowest BCUT2D eigenvalue weighted by atomic mass is 9.80. The van der Waals surface area contributed by atoms with E-state index >= 15 is 0 Å². The molecule has 3 aliphatic rings. The molecule has 2 aliphatic heterocycles. The number of hydrogen-bond acceptors (Lipinski definition) is 8. The van der Waals surface area contributed by atoms with Crippen molar-refractivity contribution < 1.29 is 40.6 Å². The highest BCUT2D eigenvalue weighted by atomic mass is 32.2. The zero-order valence-corrected chi connectivity index (χ0v) is 37.1. The molecule has 322 valence electrons. The minimum atomic E-state index is -4.45. The Morgan fingerprint density at radius 3 is 2.17 bits per heavy atom.